The van der Waals surface area contributed by atoms with Crippen molar-refractivity contribution in [2.45, 2.75) is 32.4 Å². The van der Waals surface area contributed by atoms with E-state index in [0.29, 0.717) is 43.4 Å². The second-order valence-electron chi connectivity index (χ2n) is 8.06. The minimum Gasteiger partial charge on any atom is -0.444 e. The average molecular weight is 397 g/mol. The van der Waals surface area contributed by atoms with Crippen LogP contribution >= 0.6 is 0 Å². The number of nitrogens with one attached hydrogen (secondary N) is 2. The molecular formula is C21H27N5O3. The number of terminal acetylenes is 1. The molecule has 8 nitrogen and oxygen atoms in total. The molecule has 1 fully saturated rings. The number of amides is 2. The molecule has 2 amide bonds. The number of carbonyl (C=O) groups excluding carboxylic acids is 2. The van der Waals surface area contributed by atoms with Crippen molar-refractivity contribution >= 4 is 23.6 Å². The van der Waals surface area contributed by atoms with Crippen LogP contribution in [0.1, 0.15) is 26.3 Å². The summed E-state index contributed by atoms with van der Waals surface area (Å²) in [5, 5.41) is 5.92. The molecule has 3 rings (SSSR count). The summed E-state index contributed by atoms with van der Waals surface area (Å²) in [7, 11) is 0. The highest BCUT2D eigenvalue weighted by Crippen LogP contribution is 2.18. The standard InChI is InChI=1S/C21H27N5O3/c1-5-15-7-6-8-16(11-15)24-18(27)13-23-19-22-12-17-14-25(9-10-26(17)19)20(28)29-21(2,3)4/h1,6-8,11,17H,9-10,12-14H2,2-4H3,(H,22,23)(H,24,27). The van der Waals surface area contributed by atoms with Crippen molar-refractivity contribution in [3.8, 4) is 12.3 Å². The first-order valence-electron chi connectivity index (χ1n) is 9.64. The molecule has 0 spiro atoms. The Morgan fingerprint density at radius 1 is 1.34 bits per heavy atom. The van der Waals surface area contributed by atoms with Crippen LogP contribution in [0, 0.1) is 12.3 Å². The molecule has 2 aliphatic rings. The van der Waals surface area contributed by atoms with E-state index >= 15 is 0 Å². The number of anilines is 1. The molecule has 1 unspecified atom stereocenters. The third kappa shape index (κ3) is 5.41. The van der Waals surface area contributed by atoms with Crippen molar-refractivity contribution in [3.63, 3.8) is 0 Å². The van der Waals surface area contributed by atoms with Crippen LogP contribution in [-0.4, -0.2) is 72.1 Å². The molecule has 0 aliphatic carbocycles. The lowest BCUT2D eigenvalue weighted by atomic mass is 10.2. The zero-order valence-corrected chi connectivity index (χ0v) is 17.1. The molecule has 1 atom stereocenters. The minimum atomic E-state index is -0.514. The second kappa shape index (κ2) is 8.43. The third-order valence-electron chi connectivity index (χ3n) is 4.58. The van der Waals surface area contributed by atoms with Gasteiger partial charge in [-0.2, -0.15) is 0 Å². The van der Waals surface area contributed by atoms with Gasteiger partial charge in [0.15, 0.2) is 5.96 Å². The zero-order valence-electron chi connectivity index (χ0n) is 17.1. The number of ether oxygens (including phenoxy) is 1. The van der Waals surface area contributed by atoms with Gasteiger partial charge >= 0.3 is 6.09 Å². The number of hydrogen-bond acceptors (Lipinski definition) is 6. The fourth-order valence-corrected chi connectivity index (χ4v) is 3.27. The molecule has 0 aromatic heterocycles. The summed E-state index contributed by atoms with van der Waals surface area (Å²) < 4.78 is 5.45. The monoisotopic (exact) mass is 397 g/mol. The Bertz CT molecular complexity index is 853. The lowest BCUT2D eigenvalue weighted by Gasteiger charge is -2.39. The summed E-state index contributed by atoms with van der Waals surface area (Å²) in [6, 6.07) is 7.23. The Morgan fingerprint density at radius 3 is 2.86 bits per heavy atom. The second-order valence-corrected chi connectivity index (χ2v) is 8.06. The fourth-order valence-electron chi connectivity index (χ4n) is 3.27. The van der Waals surface area contributed by atoms with E-state index in [0.717, 1.165) is 0 Å². The van der Waals surface area contributed by atoms with Gasteiger partial charge in [-0.3, -0.25) is 9.79 Å². The van der Waals surface area contributed by atoms with Crippen LogP contribution in [0.3, 0.4) is 0 Å². The molecule has 1 saturated heterocycles. The smallest absolute Gasteiger partial charge is 0.410 e. The van der Waals surface area contributed by atoms with Gasteiger partial charge in [-0.1, -0.05) is 12.0 Å². The Labute approximate surface area is 171 Å². The van der Waals surface area contributed by atoms with E-state index in [2.05, 4.69) is 26.4 Å². The van der Waals surface area contributed by atoms with E-state index in [1.54, 1.807) is 29.2 Å². The van der Waals surface area contributed by atoms with Gasteiger partial charge in [0.05, 0.1) is 19.1 Å². The average Bonchev–Trinajstić information content (AvgIpc) is 3.07. The van der Waals surface area contributed by atoms with E-state index in [4.69, 9.17) is 11.2 Å². The quantitative estimate of drug-likeness (QED) is 0.755. The van der Waals surface area contributed by atoms with Crippen LogP contribution in [0.15, 0.2) is 29.3 Å². The predicted molar refractivity (Wildman–Crippen MR) is 112 cm³/mol. The lowest BCUT2D eigenvalue weighted by Crippen LogP contribution is -2.58. The van der Waals surface area contributed by atoms with E-state index in [1.165, 1.54) is 0 Å². The number of piperazine rings is 1. The van der Waals surface area contributed by atoms with Crippen LogP contribution in [0.4, 0.5) is 10.5 Å². The SMILES string of the molecule is C#Cc1cccc(NC(=O)CNC2=NCC3CN(C(=O)OC(C)(C)C)CCN23)c1. The molecule has 0 bridgehead atoms. The Balaban J connectivity index is 1.47. The molecule has 1 aromatic carbocycles. The maximum absolute atomic E-state index is 12.3. The van der Waals surface area contributed by atoms with Crippen molar-refractivity contribution in [2.75, 3.05) is 38.0 Å². The van der Waals surface area contributed by atoms with Crippen molar-refractivity contribution in [3.05, 3.63) is 29.8 Å². The molecule has 8 heteroatoms. The number of aliphatic imine (C=N–C) groups is 1. The number of hydrogen-bond donors (Lipinski definition) is 2. The van der Waals surface area contributed by atoms with Crippen LogP contribution in [0.2, 0.25) is 0 Å². The molecule has 0 radical (unpaired) electrons. The number of rotatable bonds is 3. The summed E-state index contributed by atoms with van der Waals surface area (Å²) in [5.41, 5.74) is 0.853. The van der Waals surface area contributed by atoms with Gasteiger partial charge in [0, 0.05) is 30.9 Å². The molecule has 154 valence electrons. The Morgan fingerprint density at radius 2 is 2.14 bits per heavy atom. The lowest BCUT2D eigenvalue weighted by molar-refractivity contribution is -0.115. The summed E-state index contributed by atoms with van der Waals surface area (Å²) >= 11 is 0. The first-order valence-corrected chi connectivity index (χ1v) is 9.64. The molecule has 2 heterocycles. The molecule has 2 aliphatic heterocycles. The van der Waals surface area contributed by atoms with Gasteiger partial charge in [-0.25, -0.2) is 4.79 Å². The number of nitrogens with zero attached hydrogens (tertiary/aromatic N) is 3. The molecule has 29 heavy (non-hydrogen) atoms. The minimum absolute atomic E-state index is 0.0918. The largest absolute Gasteiger partial charge is 0.444 e. The van der Waals surface area contributed by atoms with Crippen molar-refractivity contribution in [2.24, 2.45) is 4.99 Å². The van der Waals surface area contributed by atoms with Crippen molar-refractivity contribution in [1.29, 1.82) is 0 Å². The Kier molecular flexibility index (Phi) is 5.97. The van der Waals surface area contributed by atoms with E-state index < -0.39 is 5.60 Å². The van der Waals surface area contributed by atoms with Gasteiger partial charge in [0.1, 0.15) is 5.60 Å². The maximum Gasteiger partial charge on any atom is 0.410 e. The predicted octanol–water partition coefficient (Wildman–Crippen LogP) is 1.49. The first-order chi connectivity index (χ1) is 13.7. The van der Waals surface area contributed by atoms with E-state index in [1.807, 2.05) is 20.8 Å². The number of carbonyl (C=O) groups is 2. The maximum atomic E-state index is 12.3. The molecule has 1 aromatic rings. The van der Waals surface area contributed by atoms with Gasteiger partial charge in [-0.15, -0.1) is 6.42 Å². The number of fused-ring (bicyclic) bond motifs is 1. The van der Waals surface area contributed by atoms with Gasteiger partial charge in [-0.05, 0) is 39.0 Å². The third-order valence-corrected chi connectivity index (χ3v) is 4.58. The summed E-state index contributed by atoms with van der Waals surface area (Å²) in [5.74, 6) is 3.05. The topological polar surface area (TPSA) is 86.3 Å². The molecule has 2 N–H and O–H groups in total. The fraction of sp³-hybridized carbons (Fsp3) is 0.476. The van der Waals surface area contributed by atoms with E-state index in [-0.39, 0.29) is 24.6 Å². The van der Waals surface area contributed by atoms with Crippen LogP contribution in [-0.2, 0) is 9.53 Å². The van der Waals surface area contributed by atoms with Crippen LogP contribution < -0.4 is 10.6 Å². The van der Waals surface area contributed by atoms with Gasteiger partial charge < -0.3 is 25.2 Å². The highest BCUT2D eigenvalue weighted by molar-refractivity contribution is 5.95. The van der Waals surface area contributed by atoms with Gasteiger partial charge in [0.25, 0.3) is 0 Å². The number of guanidine groups is 1. The highest BCUT2D eigenvalue weighted by atomic mass is 16.6. The Hall–Kier alpha value is -3.21. The number of benzene rings is 1. The summed E-state index contributed by atoms with van der Waals surface area (Å²) in [6.07, 6.45) is 5.08. The van der Waals surface area contributed by atoms with Crippen LogP contribution in [0.5, 0.6) is 0 Å². The molecular weight excluding hydrogens is 370 g/mol. The highest BCUT2D eigenvalue weighted by Gasteiger charge is 2.36. The normalized spacial score (nSPS) is 18.4. The summed E-state index contributed by atoms with van der Waals surface area (Å²) in [4.78, 5) is 32.8. The first kappa shape index (κ1) is 20.5. The van der Waals surface area contributed by atoms with E-state index in [9.17, 15) is 9.59 Å². The van der Waals surface area contributed by atoms with Crippen molar-refractivity contribution < 1.29 is 14.3 Å². The molecule has 0 saturated carbocycles. The summed E-state index contributed by atoms with van der Waals surface area (Å²) in [6.45, 7) is 7.99. The van der Waals surface area contributed by atoms with Crippen LogP contribution in [0.25, 0.3) is 0 Å². The van der Waals surface area contributed by atoms with Crippen molar-refractivity contribution in [1.82, 2.24) is 15.1 Å². The zero-order chi connectivity index (χ0) is 21.0. The van der Waals surface area contributed by atoms with Gasteiger partial charge in [0.2, 0.25) is 5.91 Å².